The van der Waals surface area contributed by atoms with Crippen molar-refractivity contribution >= 4 is 6.09 Å². The van der Waals surface area contributed by atoms with E-state index in [0.717, 1.165) is 25.9 Å². The molecule has 132 valence electrons. The van der Waals surface area contributed by atoms with E-state index in [9.17, 15) is 4.79 Å². The molecule has 3 unspecified atom stereocenters. The lowest BCUT2D eigenvalue weighted by Gasteiger charge is -2.45. The third-order valence-electron chi connectivity index (χ3n) is 5.02. The minimum Gasteiger partial charge on any atom is -0.444 e. The number of hydrogen-bond acceptors (Lipinski definition) is 3. The number of nitrogens with one attached hydrogen (secondary N) is 1. The van der Waals surface area contributed by atoms with Gasteiger partial charge in [0.25, 0.3) is 0 Å². The van der Waals surface area contributed by atoms with E-state index >= 15 is 0 Å². The van der Waals surface area contributed by atoms with E-state index < -0.39 is 5.60 Å². The van der Waals surface area contributed by atoms with Crippen LogP contribution in [0.2, 0.25) is 0 Å². The number of piperidine rings is 1. The number of carbonyl (C=O) groups excluding carboxylic acids is 1. The number of carbonyl (C=O) groups is 1. The SMILES string of the molecule is C=CCNC1CCCCC1C1CCCCN1C(=O)OC(C)(C)C. The molecule has 1 saturated carbocycles. The number of hydrogen-bond donors (Lipinski definition) is 1. The van der Waals surface area contributed by atoms with Crippen LogP contribution >= 0.6 is 0 Å². The summed E-state index contributed by atoms with van der Waals surface area (Å²) in [6.07, 6.45) is 10.2. The van der Waals surface area contributed by atoms with Gasteiger partial charge in [-0.25, -0.2) is 4.79 Å². The maximum Gasteiger partial charge on any atom is 0.410 e. The molecule has 3 atom stereocenters. The zero-order valence-electron chi connectivity index (χ0n) is 15.1. The molecule has 4 nitrogen and oxygen atoms in total. The van der Waals surface area contributed by atoms with Gasteiger partial charge in [0.05, 0.1) is 0 Å². The van der Waals surface area contributed by atoms with E-state index in [4.69, 9.17) is 4.74 Å². The average Bonchev–Trinajstić information content (AvgIpc) is 2.51. The van der Waals surface area contributed by atoms with Crippen LogP contribution in [0, 0.1) is 5.92 Å². The standard InChI is InChI=1S/C19H34N2O2/c1-5-13-20-16-11-7-6-10-15(16)17-12-8-9-14-21(17)18(22)23-19(2,3)4/h5,15-17,20H,1,6-14H2,2-4H3. The van der Waals surface area contributed by atoms with Gasteiger partial charge in [0.2, 0.25) is 0 Å². The summed E-state index contributed by atoms with van der Waals surface area (Å²) in [6.45, 7) is 11.3. The first kappa shape index (κ1) is 18.3. The van der Waals surface area contributed by atoms with E-state index in [1.165, 1.54) is 32.1 Å². The van der Waals surface area contributed by atoms with E-state index in [0.29, 0.717) is 18.0 Å². The second-order valence-corrected chi connectivity index (χ2v) is 7.99. The van der Waals surface area contributed by atoms with Crippen molar-refractivity contribution in [3.05, 3.63) is 12.7 Å². The molecule has 0 bridgehead atoms. The first-order valence-corrected chi connectivity index (χ1v) is 9.26. The van der Waals surface area contributed by atoms with Crippen molar-refractivity contribution in [3.8, 4) is 0 Å². The summed E-state index contributed by atoms with van der Waals surface area (Å²) in [6, 6.07) is 0.816. The minimum atomic E-state index is -0.424. The normalized spacial score (nSPS) is 29.2. The number of likely N-dealkylation sites (tertiary alicyclic amines) is 1. The molecule has 1 aliphatic carbocycles. The highest BCUT2D eigenvalue weighted by Crippen LogP contribution is 2.34. The Hall–Kier alpha value is -1.03. The molecule has 1 heterocycles. The molecule has 1 saturated heterocycles. The molecule has 0 aromatic rings. The van der Waals surface area contributed by atoms with E-state index in [1.807, 2.05) is 31.7 Å². The quantitative estimate of drug-likeness (QED) is 0.792. The van der Waals surface area contributed by atoms with Crippen molar-refractivity contribution in [2.24, 2.45) is 5.92 Å². The summed E-state index contributed by atoms with van der Waals surface area (Å²) >= 11 is 0. The highest BCUT2D eigenvalue weighted by molar-refractivity contribution is 5.68. The fourth-order valence-corrected chi connectivity index (χ4v) is 4.06. The summed E-state index contributed by atoms with van der Waals surface area (Å²) in [5, 5.41) is 3.63. The maximum atomic E-state index is 12.7. The molecule has 4 heteroatoms. The second-order valence-electron chi connectivity index (χ2n) is 7.99. The highest BCUT2D eigenvalue weighted by Gasteiger charge is 2.39. The van der Waals surface area contributed by atoms with Crippen LogP contribution in [-0.4, -0.2) is 41.8 Å². The molecule has 0 spiro atoms. The molecule has 0 aromatic carbocycles. The third-order valence-corrected chi connectivity index (χ3v) is 5.02. The van der Waals surface area contributed by atoms with Crippen molar-refractivity contribution in [2.75, 3.05) is 13.1 Å². The summed E-state index contributed by atoms with van der Waals surface area (Å²) in [5.74, 6) is 0.538. The number of amides is 1. The third kappa shape index (κ3) is 5.23. The fraction of sp³-hybridized carbons (Fsp3) is 0.842. The van der Waals surface area contributed by atoms with Gasteiger partial charge in [0, 0.05) is 25.2 Å². The van der Waals surface area contributed by atoms with Crippen LogP contribution in [0.4, 0.5) is 4.79 Å². The lowest BCUT2D eigenvalue weighted by molar-refractivity contribution is -0.00509. The Balaban J connectivity index is 2.08. The van der Waals surface area contributed by atoms with Crippen LogP contribution in [0.5, 0.6) is 0 Å². The molecule has 1 N–H and O–H groups in total. The molecule has 2 fully saturated rings. The van der Waals surface area contributed by atoms with Crippen LogP contribution in [0.25, 0.3) is 0 Å². The molecule has 1 aliphatic heterocycles. The van der Waals surface area contributed by atoms with Gasteiger partial charge >= 0.3 is 6.09 Å². The van der Waals surface area contributed by atoms with Crippen molar-refractivity contribution in [1.29, 1.82) is 0 Å². The Morgan fingerprint density at radius 1 is 1.22 bits per heavy atom. The fourth-order valence-electron chi connectivity index (χ4n) is 4.06. The summed E-state index contributed by atoms with van der Waals surface area (Å²) in [5.41, 5.74) is -0.424. The van der Waals surface area contributed by atoms with Gasteiger partial charge in [-0.05, 0) is 58.8 Å². The molecule has 1 amide bonds. The molecule has 2 aliphatic rings. The van der Waals surface area contributed by atoms with Crippen LogP contribution in [0.3, 0.4) is 0 Å². The Morgan fingerprint density at radius 3 is 2.61 bits per heavy atom. The van der Waals surface area contributed by atoms with Gasteiger partial charge in [0.1, 0.15) is 5.60 Å². The first-order chi connectivity index (χ1) is 10.9. The predicted molar refractivity (Wildman–Crippen MR) is 94.5 cm³/mol. The zero-order valence-corrected chi connectivity index (χ0v) is 15.1. The smallest absolute Gasteiger partial charge is 0.410 e. The Kier molecular flexibility index (Phi) is 6.51. The number of ether oxygens (including phenoxy) is 1. The molecular weight excluding hydrogens is 288 g/mol. The molecule has 2 rings (SSSR count). The Bertz CT molecular complexity index is 403. The number of nitrogens with zero attached hydrogens (tertiary/aromatic N) is 1. The van der Waals surface area contributed by atoms with Gasteiger partial charge in [0.15, 0.2) is 0 Å². The summed E-state index contributed by atoms with van der Waals surface area (Å²) < 4.78 is 5.67. The molecule has 0 radical (unpaired) electrons. The lowest BCUT2D eigenvalue weighted by Crippen LogP contribution is -2.54. The van der Waals surface area contributed by atoms with E-state index in [1.54, 1.807) is 0 Å². The first-order valence-electron chi connectivity index (χ1n) is 9.26. The van der Waals surface area contributed by atoms with Crippen molar-refractivity contribution in [2.45, 2.75) is 83.4 Å². The number of rotatable bonds is 4. The highest BCUT2D eigenvalue weighted by atomic mass is 16.6. The molecule has 23 heavy (non-hydrogen) atoms. The average molecular weight is 322 g/mol. The topological polar surface area (TPSA) is 41.6 Å². The van der Waals surface area contributed by atoms with Crippen LogP contribution < -0.4 is 5.32 Å². The van der Waals surface area contributed by atoms with E-state index in [-0.39, 0.29) is 6.09 Å². The Morgan fingerprint density at radius 2 is 1.91 bits per heavy atom. The maximum absolute atomic E-state index is 12.7. The van der Waals surface area contributed by atoms with E-state index in [2.05, 4.69) is 11.9 Å². The molecular formula is C19H34N2O2. The summed E-state index contributed by atoms with van der Waals surface area (Å²) in [7, 11) is 0. The van der Waals surface area contributed by atoms with Gasteiger partial charge in [-0.1, -0.05) is 18.9 Å². The van der Waals surface area contributed by atoms with Crippen LogP contribution in [0.1, 0.15) is 65.7 Å². The second kappa shape index (κ2) is 8.18. The monoisotopic (exact) mass is 322 g/mol. The van der Waals surface area contributed by atoms with Crippen LogP contribution in [0.15, 0.2) is 12.7 Å². The summed E-state index contributed by atoms with van der Waals surface area (Å²) in [4.78, 5) is 14.7. The van der Waals surface area contributed by atoms with Gasteiger partial charge in [-0.3, -0.25) is 0 Å². The predicted octanol–water partition coefficient (Wildman–Crippen LogP) is 4.11. The Labute approximate surface area is 141 Å². The molecule has 0 aromatic heterocycles. The van der Waals surface area contributed by atoms with Crippen LogP contribution in [-0.2, 0) is 4.74 Å². The zero-order chi connectivity index (χ0) is 16.9. The lowest BCUT2D eigenvalue weighted by atomic mass is 9.76. The van der Waals surface area contributed by atoms with Crippen molar-refractivity contribution in [3.63, 3.8) is 0 Å². The largest absolute Gasteiger partial charge is 0.444 e. The minimum absolute atomic E-state index is 0.129. The van der Waals surface area contributed by atoms with Gasteiger partial charge in [-0.15, -0.1) is 6.58 Å². The van der Waals surface area contributed by atoms with Gasteiger partial charge in [-0.2, -0.15) is 0 Å². The van der Waals surface area contributed by atoms with Crippen molar-refractivity contribution in [1.82, 2.24) is 10.2 Å². The van der Waals surface area contributed by atoms with Crippen molar-refractivity contribution < 1.29 is 9.53 Å². The van der Waals surface area contributed by atoms with Gasteiger partial charge < -0.3 is 15.0 Å².